The fourth-order valence-corrected chi connectivity index (χ4v) is 2.46. The summed E-state index contributed by atoms with van der Waals surface area (Å²) in [5, 5.41) is 8.92. The van der Waals surface area contributed by atoms with Gasteiger partial charge in [-0.2, -0.15) is 13.2 Å². The molecule has 0 bridgehead atoms. The highest BCUT2D eigenvalue weighted by molar-refractivity contribution is 5.82. The van der Waals surface area contributed by atoms with Crippen molar-refractivity contribution in [1.29, 1.82) is 0 Å². The lowest BCUT2D eigenvalue weighted by Gasteiger charge is -2.23. The molecular weight excluding hydrogens is 315 g/mol. The van der Waals surface area contributed by atoms with Gasteiger partial charge in [-0.3, -0.25) is 9.59 Å². The van der Waals surface area contributed by atoms with Crippen molar-refractivity contribution in [2.45, 2.75) is 25.6 Å². The molecule has 8 heteroatoms. The summed E-state index contributed by atoms with van der Waals surface area (Å²) in [5.74, 6) is -2.58. The van der Waals surface area contributed by atoms with Crippen LogP contribution in [0.5, 0.6) is 5.75 Å². The van der Waals surface area contributed by atoms with Crippen molar-refractivity contribution in [3.8, 4) is 5.75 Å². The molecule has 23 heavy (non-hydrogen) atoms. The lowest BCUT2D eigenvalue weighted by Crippen LogP contribution is -2.39. The Bertz CT molecular complexity index is 603. The molecule has 2 atom stereocenters. The number of nitrogens with zero attached hydrogens (tertiary/aromatic N) is 1. The summed E-state index contributed by atoms with van der Waals surface area (Å²) in [6.45, 7) is 1.65. The number of benzene rings is 1. The zero-order valence-corrected chi connectivity index (χ0v) is 12.3. The average Bonchev–Trinajstić information content (AvgIpc) is 2.95. The van der Waals surface area contributed by atoms with Gasteiger partial charge >= 0.3 is 12.1 Å². The summed E-state index contributed by atoms with van der Waals surface area (Å²) in [6.07, 6.45) is -5.39. The van der Waals surface area contributed by atoms with Crippen molar-refractivity contribution < 1.29 is 32.6 Å². The van der Waals surface area contributed by atoms with Crippen molar-refractivity contribution in [1.82, 2.24) is 4.90 Å². The number of carboxylic acid groups (broad SMARTS) is 1. The monoisotopic (exact) mass is 331 g/mol. The highest BCUT2D eigenvalue weighted by Gasteiger charge is 2.36. The number of hydrogen-bond acceptors (Lipinski definition) is 3. The molecule has 1 saturated heterocycles. The molecule has 5 nitrogen and oxygen atoms in total. The van der Waals surface area contributed by atoms with Gasteiger partial charge in [0.2, 0.25) is 0 Å². The summed E-state index contributed by atoms with van der Waals surface area (Å²) in [7, 11) is 0. The van der Waals surface area contributed by atoms with E-state index in [-0.39, 0.29) is 13.1 Å². The first-order valence-corrected chi connectivity index (χ1v) is 7.04. The highest BCUT2D eigenvalue weighted by atomic mass is 19.4. The van der Waals surface area contributed by atoms with Crippen LogP contribution in [0.2, 0.25) is 0 Å². The normalized spacial score (nSPS) is 19.5. The van der Waals surface area contributed by atoms with E-state index < -0.39 is 41.4 Å². The minimum Gasteiger partial charge on any atom is -0.481 e. The fourth-order valence-electron chi connectivity index (χ4n) is 2.46. The number of aliphatic carboxylic acids is 1. The Kier molecular flexibility index (Phi) is 4.82. The van der Waals surface area contributed by atoms with Crippen LogP contribution < -0.4 is 4.74 Å². The second-order valence-electron chi connectivity index (χ2n) is 5.36. The number of hydrogen-bond donors (Lipinski definition) is 1. The van der Waals surface area contributed by atoms with E-state index in [2.05, 4.69) is 0 Å². The number of carbonyl (C=O) groups excluding carboxylic acids is 1. The van der Waals surface area contributed by atoms with Gasteiger partial charge in [-0.1, -0.05) is 12.1 Å². The maximum Gasteiger partial charge on any atom is 0.419 e. The van der Waals surface area contributed by atoms with Gasteiger partial charge in [-0.15, -0.1) is 0 Å². The summed E-state index contributed by atoms with van der Waals surface area (Å²) in [4.78, 5) is 24.4. The number of likely N-dealkylation sites (tertiary alicyclic amines) is 1. The Morgan fingerprint density at radius 2 is 2.00 bits per heavy atom. The third kappa shape index (κ3) is 3.94. The molecule has 1 heterocycles. The molecule has 2 rings (SSSR count). The van der Waals surface area contributed by atoms with Gasteiger partial charge in [0.15, 0.2) is 6.10 Å². The Hall–Kier alpha value is -2.25. The van der Waals surface area contributed by atoms with Crippen molar-refractivity contribution in [2.75, 3.05) is 13.1 Å². The van der Waals surface area contributed by atoms with Gasteiger partial charge in [0, 0.05) is 13.1 Å². The van der Waals surface area contributed by atoms with E-state index in [4.69, 9.17) is 9.84 Å². The summed E-state index contributed by atoms with van der Waals surface area (Å²) < 4.78 is 43.9. The molecule has 0 unspecified atom stereocenters. The fraction of sp³-hybridized carbons (Fsp3) is 0.467. The van der Waals surface area contributed by atoms with Crippen LogP contribution in [-0.4, -0.2) is 41.1 Å². The zero-order valence-electron chi connectivity index (χ0n) is 12.3. The largest absolute Gasteiger partial charge is 0.481 e. The molecule has 1 fully saturated rings. The van der Waals surface area contributed by atoms with Crippen LogP contribution in [0.3, 0.4) is 0 Å². The van der Waals surface area contributed by atoms with Gasteiger partial charge in [0.25, 0.3) is 5.91 Å². The Labute approximate surface area is 130 Å². The quantitative estimate of drug-likeness (QED) is 0.920. The van der Waals surface area contributed by atoms with Gasteiger partial charge in [0.05, 0.1) is 11.5 Å². The zero-order chi connectivity index (χ0) is 17.2. The first kappa shape index (κ1) is 17.1. The number of ether oxygens (including phenoxy) is 1. The first-order chi connectivity index (χ1) is 10.7. The number of alkyl halides is 3. The van der Waals surface area contributed by atoms with E-state index in [9.17, 15) is 22.8 Å². The third-order valence-electron chi connectivity index (χ3n) is 3.69. The van der Waals surface area contributed by atoms with Crippen LogP contribution in [0.4, 0.5) is 13.2 Å². The molecule has 0 aliphatic carbocycles. The summed E-state index contributed by atoms with van der Waals surface area (Å²) >= 11 is 0. The second kappa shape index (κ2) is 6.47. The second-order valence-corrected chi connectivity index (χ2v) is 5.36. The molecule has 0 aromatic heterocycles. The van der Waals surface area contributed by atoms with Gasteiger partial charge in [0.1, 0.15) is 5.75 Å². The van der Waals surface area contributed by atoms with Crippen molar-refractivity contribution in [3.63, 3.8) is 0 Å². The number of amides is 1. The molecule has 126 valence electrons. The van der Waals surface area contributed by atoms with Gasteiger partial charge in [-0.25, -0.2) is 0 Å². The first-order valence-electron chi connectivity index (χ1n) is 7.04. The third-order valence-corrected chi connectivity index (χ3v) is 3.69. The maximum absolute atomic E-state index is 12.9. The lowest BCUT2D eigenvalue weighted by molar-refractivity contribution is -0.144. The molecule has 1 amide bonds. The topological polar surface area (TPSA) is 66.8 Å². The summed E-state index contributed by atoms with van der Waals surface area (Å²) in [5.41, 5.74) is -0.954. The summed E-state index contributed by atoms with van der Waals surface area (Å²) in [6, 6.07) is 4.65. The maximum atomic E-state index is 12.9. The van der Waals surface area contributed by atoms with Crippen molar-refractivity contribution in [2.24, 2.45) is 5.92 Å². The predicted molar refractivity (Wildman–Crippen MR) is 73.9 cm³/mol. The Morgan fingerprint density at radius 3 is 2.57 bits per heavy atom. The average molecular weight is 331 g/mol. The molecule has 1 N–H and O–H groups in total. The van der Waals surface area contributed by atoms with Crippen molar-refractivity contribution >= 4 is 11.9 Å². The molecule has 1 aliphatic heterocycles. The van der Waals surface area contributed by atoms with Crippen molar-refractivity contribution in [3.05, 3.63) is 29.8 Å². The van der Waals surface area contributed by atoms with E-state index in [1.165, 1.54) is 24.0 Å². The number of para-hydroxylation sites is 1. The van der Waals surface area contributed by atoms with Gasteiger partial charge in [-0.05, 0) is 25.5 Å². The van der Waals surface area contributed by atoms with Crippen LogP contribution in [0.1, 0.15) is 18.9 Å². The van der Waals surface area contributed by atoms with Crippen LogP contribution in [0.15, 0.2) is 24.3 Å². The Balaban J connectivity index is 2.07. The lowest BCUT2D eigenvalue weighted by atomic mass is 10.1. The predicted octanol–water partition coefficient (Wildman–Crippen LogP) is 2.41. The molecular formula is C15H16F3NO4. The number of rotatable bonds is 4. The SMILES string of the molecule is C[C@H](Oc1ccccc1C(F)(F)F)C(=O)N1CC[C@@H](C(=O)O)C1. The smallest absolute Gasteiger partial charge is 0.419 e. The number of halogens is 3. The Morgan fingerprint density at radius 1 is 1.35 bits per heavy atom. The van der Waals surface area contributed by atoms with Crippen LogP contribution in [-0.2, 0) is 15.8 Å². The highest BCUT2D eigenvalue weighted by Crippen LogP contribution is 2.36. The number of carbonyl (C=O) groups is 2. The van der Waals surface area contributed by atoms with Crippen LogP contribution >= 0.6 is 0 Å². The van der Waals surface area contributed by atoms with E-state index in [0.29, 0.717) is 6.42 Å². The van der Waals surface area contributed by atoms with Gasteiger partial charge < -0.3 is 14.7 Å². The van der Waals surface area contributed by atoms with Crippen LogP contribution in [0, 0.1) is 5.92 Å². The molecule has 0 spiro atoms. The molecule has 1 aromatic carbocycles. The minimum absolute atomic E-state index is 0.0444. The van der Waals surface area contributed by atoms with Crippen LogP contribution in [0.25, 0.3) is 0 Å². The molecule has 1 aromatic rings. The molecule has 0 radical (unpaired) electrons. The number of carboxylic acids is 1. The molecule has 0 saturated carbocycles. The van der Waals surface area contributed by atoms with E-state index in [0.717, 1.165) is 12.1 Å². The van der Waals surface area contributed by atoms with E-state index in [1.54, 1.807) is 0 Å². The standard InChI is InChI=1S/C15H16F3NO4/c1-9(13(20)19-7-6-10(8-19)14(21)22)23-12-5-3-2-4-11(12)15(16,17)18/h2-5,9-10H,6-8H2,1H3,(H,21,22)/t9-,10+/m0/s1. The van der Waals surface area contributed by atoms with E-state index in [1.807, 2.05) is 0 Å². The minimum atomic E-state index is -4.58. The molecule has 1 aliphatic rings. The van der Waals surface area contributed by atoms with E-state index >= 15 is 0 Å².